The number of carbonyl (C=O) groups is 3. The molecule has 8 nitrogen and oxygen atoms in total. The predicted molar refractivity (Wildman–Crippen MR) is 132 cm³/mol. The van der Waals surface area contributed by atoms with E-state index in [9.17, 15) is 19.5 Å². The summed E-state index contributed by atoms with van der Waals surface area (Å²) >= 11 is 0. The van der Waals surface area contributed by atoms with Crippen molar-refractivity contribution in [2.24, 2.45) is 0 Å². The minimum atomic E-state index is -0.927. The van der Waals surface area contributed by atoms with Crippen LogP contribution in [0.25, 0.3) is 11.1 Å². The van der Waals surface area contributed by atoms with E-state index in [1.54, 1.807) is 4.90 Å². The average molecular weight is 480 g/mol. The van der Waals surface area contributed by atoms with E-state index in [1.165, 1.54) is 0 Å². The molecule has 4 rings (SSSR count). The summed E-state index contributed by atoms with van der Waals surface area (Å²) in [6.07, 6.45) is 1.10. The zero-order chi connectivity index (χ0) is 24.9. The molecular weight excluding hydrogens is 446 g/mol. The number of fused-ring (bicyclic) bond motifs is 3. The highest BCUT2D eigenvalue weighted by atomic mass is 16.5. The highest BCUT2D eigenvalue weighted by molar-refractivity contribution is 5.86. The highest BCUT2D eigenvalue weighted by Crippen LogP contribution is 2.44. The molecule has 0 spiro atoms. The number of ether oxygens (including phenoxy) is 1. The van der Waals surface area contributed by atoms with E-state index in [4.69, 9.17) is 4.74 Å². The van der Waals surface area contributed by atoms with Crippen LogP contribution in [0, 0.1) is 0 Å². The van der Waals surface area contributed by atoms with Gasteiger partial charge in [-0.1, -0.05) is 48.5 Å². The molecule has 1 fully saturated rings. The summed E-state index contributed by atoms with van der Waals surface area (Å²) in [6.45, 7) is 1.26. The summed E-state index contributed by atoms with van der Waals surface area (Å²) in [5, 5.41) is 12.0. The van der Waals surface area contributed by atoms with Gasteiger partial charge in [-0.3, -0.25) is 9.59 Å². The van der Waals surface area contributed by atoms with Gasteiger partial charge in [-0.15, -0.1) is 0 Å². The number of amides is 2. The van der Waals surface area contributed by atoms with Crippen LogP contribution in [0.15, 0.2) is 48.5 Å². The lowest BCUT2D eigenvalue weighted by molar-refractivity contribution is -0.140. The minimum Gasteiger partial charge on any atom is -0.481 e. The maximum atomic E-state index is 13.3. The molecule has 2 aromatic carbocycles. The van der Waals surface area contributed by atoms with Crippen LogP contribution in [0.4, 0.5) is 4.79 Å². The topological polar surface area (TPSA) is 99.2 Å². The van der Waals surface area contributed by atoms with Gasteiger partial charge in [-0.2, -0.15) is 0 Å². The lowest BCUT2D eigenvalue weighted by Crippen LogP contribution is -2.51. The molecule has 2 amide bonds. The molecule has 0 bridgehead atoms. The number of aliphatic carboxylic acids is 1. The van der Waals surface area contributed by atoms with Gasteiger partial charge in [0.05, 0.1) is 6.42 Å². The second kappa shape index (κ2) is 10.9. The van der Waals surface area contributed by atoms with Crippen LogP contribution in [-0.4, -0.2) is 78.8 Å². The van der Waals surface area contributed by atoms with E-state index in [1.807, 2.05) is 43.3 Å². The normalized spacial score (nSPS) is 17.7. The van der Waals surface area contributed by atoms with E-state index in [-0.39, 0.29) is 30.9 Å². The highest BCUT2D eigenvalue weighted by Gasteiger charge is 2.35. The van der Waals surface area contributed by atoms with Gasteiger partial charge in [0.2, 0.25) is 5.91 Å². The van der Waals surface area contributed by atoms with Crippen molar-refractivity contribution < 1.29 is 24.2 Å². The first-order valence-electron chi connectivity index (χ1n) is 12.1. The van der Waals surface area contributed by atoms with Crippen LogP contribution >= 0.6 is 0 Å². The van der Waals surface area contributed by atoms with Crippen molar-refractivity contribution in [1.82, 2.24) is 15.1 Å². The van der Waals surface area contributed by atoms with E-state index >= 15 is 0 Å². The molecule has 186 valence electrons. The summed E-state index contributed by atoms with van der Waals surface area (Å²) < 4.78 is 5.65. The summed E-state index contributed by atoms with van der Waals surface area (Å²) in [7, 11) is 3.80. The molecule has 0 aromatic heterocycles. The van der Waals surface area contributed by atoms with E-state index in [0.29, 0.717) is 25.9 Å². The first-order chi connectivity index (χ1) is 16.8. The number of alkyl carbamates (subject to hydrolysis) is 1. The van der Waals surface area contributed by atoms with Crippen molar-refractivity contribution in [3.05, 3.63) is 59.7 Å². The molecular formula is C27H33N3O5. The second-order valence-corrected chi connectivity index (χ2v) is 9.54. The Morgan fingerprint density at radius 3 is 2.31 bits per heavy atom. The van der Waals surface area contributed by atoms with Crippen LogP contribution in [-0.2, 0) is 14.3 Å². The fraction of sp³-hybridized carbons (Fsp3) is 0.444. The Morgan fingerprint density at radius 2 is 1.71 bits per heavy atom. The maximum absolute atomic E-state index is 13.3. The van der Waals surface area contributed by atoms with Crippen LogP contribution in [0.1, 0.15) is 42.7 Å². The standard InChI is InChI=1S/C27H33N3O5/c1-29(2)15-13-24(26(33)30-14-7-8-18(30)16-25(31)32)28-27(34)35-17-23-21-11-5-3-9-19(21)20-10-4-6-12-22(20)23/h3-6,9-12,18,23-24H,7-8,13-17H2,1-2H3,(H,28,34)(H,31,32). The lowest BCUT2D eigenvalue weighted by Gasteiger charge is -2.29. The molecule has 2 atom stereocenters. The third-order valence-corrected chi connectivity index (χ3v) is 6.87. The molecule has 2 unspecified atom stereocenters. The summed E-state index contributed by atoms with van der Waals surface area (Å²) in [6, 6.07) is 15.1. The van der Waals surface area contributed by atoms with E-state index in [0.717, 1.165) is 28.7 Å². The first kappa shape index (κ1) is 24.7. The van der Waals surface area contributed by atoms with Crippen LogP contribution in [0.5, 0.6) is 0 Å². The van der Waals surface area contributed by atoms with Gasteiger partial charge in [-0.05, 0) is 62.2 Å². The number of carboxylic acid groups (broad SMARTS) is 1. The second-order valence-electron chi connectivity index (χ2n) is 9.54. The number of likely N-dealkylation sites (tertiary alicyclic amines) is 1. The number of nitrogens with one attached hydrogen (secondary N) is 1. The van der Waals surface area contributed by atoms with Crippen LogP contribution in [0.2, 0.25) is 0 Å². The van der Waals surface area contributed by atoms with Crippen molar-refractivity contribution >= 4 is 18.0 Å². The zero-order valence-corrected chi connectivity index (χ0v) is 20.3. The molecule has 0 saturated carbocycles. The summed E-state index contributed by atoms with van der Waals surface area (Å²) in [5.41, 5.74) is 4.54. The average Bonchev–Trinajstić information content (AvgIpc) is 3.42. The molecule has 35 heavy (non-hydrogen) atoms. The van der Waals surface area contributed by atoms with Crippen molar-refractivity contribution in [3.63, 3.8) is 0 Å². The fourth-order valence-corrected chi connectivity index (χ4v) is 5.17. The van der Waals surface area contributed by atoms with Crippen LogP contribution in [0.3, 0.4) is 0 Å². The van der Waals surface area contributed by atoms with Crippen molar-refractivity contribution in [3.8, 4) is 11.1 Å². The Hall–Kier alpha value is -3.39. The third kappa shape index (κ3) is 5.65. The van der Waals surface area contributed by atoms with Crippen molar-refractivity contribution in [2.75, 3.05) is 33.8 Å². The Bertz CT molecular complexity index is 1040. The van der Waals surface area contributed by atoms with E-state index in [2.05, 4.69) is 29.6 Å². The van der Waals surface area contributed by atoms with Crippen molar-refractivity contribution in [1.29, 1.82) is 0 Å². The molecule has 0 radical (unpaired) electrons. The minimum absolute atomic E-state index is 0.0670. The number of nitrogens with zero attached hydrogens (tertiary/aromatic N) is 2. The van der Waals surface area contributed by atoms with E-state index < -0.39 is 18.1 Å². The molecule has 1 aliphatic carbocycles. The summed E-state index contributed by atoms with van der Waals surface area (Å²) in [4.78, 5) is 41.0. The van der Waals surface area contributed by atoms with Crippen LogP contribution < -0.4 is 5.32 Å². The lowest BCUT2D eigenvalue weighted by atomic mass is 9.98. The number of carbonyl (C=O) groups excluding carboxylic acids is 2. The van der Waals surface area contributed by atoms with Gasteiger partial charge in [0.1, 0.15) is 12.6 Å². The molecule has 1 saturated heterocycles. The predicted octanol–water partition coefficient (Wildman–Crippen LogP) is 3.31. The smallest absolute Gasteiger partial charge is 0.407 e. The van der Waals surface area contributed by atoms with Gasteiger partial charge in [-0.25, -0.2) is 4.79 Å². The molecule has 2 aromatic rings. The Balaban J connectivity index is 1.43. The Labute approximate surface area is 205 Å². The molecule has 1 aliphatic heterocycles. The fourth-order valence-electron chi connectivity index (χ4n) is 5.17. The summed E-state index contributed by atoms with van der Waals surface area (Å²) in [5.74, 6) is -1.24. The van der Waals surface area contributed by atoms with Gasteiger partial charge in [0.15, 0.2) is 0 Å². The van der Waals surface area contributed by atoms with Gasteiger partial charge in [0.25, 0.3) is 0 Å². The maximum Gasteiger partial charge on any atom is 0.407 e. The van der Waals surface area contributed by atoms with Gasteiger partial charge < -0.3 is 25.0 Å². The van der Waals surface area contributed by atoms with Crippen molar-refractivity contribution in [2.45, 2.75) is 43.7 Å². The number of carboxylic acids is 1. The first-order valence-corrected chi connectivity index (χ1v) is 12.1. The molecule has 2 aliphatic rings. The zero-order valence-electron chi connectivity index (χ0n) is 20.3. The molecule has 2 N–H and O–H groups in total. The van der Waals surface area contributed by atoms with Gasteiger partial charge in [0, 0.05) is 18.5 Å². The SMILES string of the molecule is CN(C)CCC(NC(=O)OCC1c2ccccc2-c2ccccc21)C(=O)N1CCCC1CC(=O)O. The third-order valence-electron chi connectivity index (χ3n) is 6.87. The monoisotopic (exact) mass is 479 g/mol. The quantitative estimate of drug-likeness (QED) is 0.573. The largest absolute Gasteiger partial charge is 0.481 e. The number of hydrogen-bond donors (Lipinski definition) is 2. The number of rotatable bonds is 9. The number of hydrogen-bond acceptors (Lipinski definition) is 5. The number of benzene rings is 2. The Morgan fingerprint density at radius 1 is 1.09 bits per heavy atom. The molecule has 1 heterocycles. The Kier molecular flexibility index (Phi) is 7.70. The van der Waals surface area contributed by atoms with Gasteiger partial charge >= 0.3 is 12.1 Å². The molecule has 8 heteroatoms.